The lowest BCUT2D eigenvalue weighted by atomic mass is 10.1. The summed E-state index contributed by atoms with van der Waals surface area (Å²) in [5.41, 5.74) is 1.74. The van der Waals surface area contributed by atoms with Crippen molar-refractivity contribution in [1.29, 1.82) is 0 Å². The summed E-state index contributed by atoms with van der Waals surface area (Å²) in [5.74, 6) is 0.543. The molecule has 1 N–H and O–H groups in total. The summed E-state index contributed by atoms with van der Waals surface area (Å²) < 4.78 is 0.923. The molecule has 0 spiro atoms. The van der Waals surface area contributed by atoms with Crippen molar-refractivity contribution < 1.29 is 4.79 Å². The highest BCUT2D eigenvalue weighted by atomic mass is 79.9. The van der Waals surface area contributed by atoms with Crippen molar-refractivity contribution in [3.63, 3.8) is 0 Å². The molecule has 17 heavy (non-hydrogen) atoms. The smallest absolute Gasteiger partial charge is 0.251 e. The van der Waals surface area contributed by atoms with E-state index in [0.717, 1.165) is 10.0 Å². The van der Waals surface area contributed by atoms with Crippen LogP contribution in [-0.2, 0) is 0 Å². The summed E-state index contributed by atoms with van der Waals surface area (Å²) in [6.07, 6.45) is 2.39. The predicted octanol–water partition coefficient (Wildman–Crippen LogP) is 3.50. The van der Waals surface area contributed by atoms with Crippen molar-refractivity contribution in [2.24, 2.45) is 5.92 Å². The number of benzene rings is 1. The molecule has 0 saturated heterocycles. The van der Waals surface area contributed by atoms with Crippen molar-refractivity contribution in [2.45, 2.75) is 25.1 Å². The first-order chi connectivity index (χ1) is 8.06. The molecule has 1 aromatic carbocycles. The molecule has 1 aliphatic rings. The van der Waals surface area contributed by atoms with Crippen LogP contribution in [0.2, 0.25) is 0 Å². The van der Waals surface area contributed by atoms with Gasteiger partial charge in [-0.1, -0.05) is 15.9 Å². The third-order valence-corrected chi connectivity index (χ3v) is 3.86. The number of aryl methyl sites for hydroxylation is 1. The molecule has 1 saturated carbocycles. The van der Waals surface area contributed by atoms with Crippen LogP contribution in [0.5, 0.6) is 0 Å². The van der Waals surface area contributed by atoms with Gasteiger partial charge in [0.1, 0.15) is 0 Å². The molecule has 0 aliphatic heterocycles. The number of hydrogen-bond donors (Lipinski definition) is 1. The van der Waals surface area contributed by atoms with Gasteiger partial charge in [0.15, 0.2) is 0 Å². The van der Waals surface area contributed by atoms with Crippen molar-refractivity contribution in [1.82, 2.24) is 5.32 Å². The summed E-state index contributed by atoms with van der Waals surface area (Å²) >= 11 is 9.54. The standard InChI is InChI=1S/C13H15BrClNO/c1-8-4-10(6-11(14)5-8)13(17)16-7-12(15)9-2-3-9/h4-6,9,12H,2-3,7H2,1H3,(H,16,17). The van der Waals surface area contributed by atoms with Gasteiger partial charge in [0, 0.05) is 16.6 Å². The zero-order chi connectivity index (χ0) is 12.4. The van der Waals surface area contributed by atoms with Gasteiger partial charge in [-0.25, -0.2) is 0 Å². The van der Waals surface area contributed by atoms with Gasteiger partial charge in [0.25, 0.3) is 5.91 Å². The Morgan fingerprint density at radius 3 is 2.82 bits per heavy atom. The van der Waals surface area contributed by atoms with E-state index in [0.29, 0.717) is 18.0 Å². The molecule has 1 aromatic rings. The summed E-state index contributed by atoms with van der Waals surface area (Å²) in [6, 6.07) is 5.68. The number of carbonyl (C=O) groups excluding carboxylic acids is 1. The van der Waals surface area contributed by atoms with Gasteiger partial charge in [0.05, 0.1) is 5.38 Å². The molecule has 1 fully saturated rings. The van der Waals surface area contributed by atoms with Crippen LogP contribution in [0.4, 0.5) is 0 Å². The minimum atomic E-state index is -0.0549. The van der Waals surface area contributed by atoms with Crippen LogP contribution >= 0.6 is 27.5 Å². The van der Waals surface area contributed by atoms with Crippen LogP contribution in [0.1, 0.15) is 28.8 Å². The molecule has 1 unspecified atom stereocenters. The number of carbonyl (C=O) groups is 1. The Balaban J connectivity index is 1.94. The van der Waals surface area contributed by atoms with E-state index in [1.165, 1.54) is 12.8 Å². The topological polar surface area (TPSA) is 29.1 Å². The number of hydrogen-bond acceptors (Lipinski definition) is 1. The van der Waals surface area contributed by atoms with Crippen molar-refractivity contribution in [3.05, 3.63) is 33.8 Å². The minimum absolute atomic E-state index is 0.0549. The fourth-order valence-corrected chi connectivity index (χ4v) is 2.72. The molecule has 0 bridgehead atoms. The second kappa shape index (κ2) is 5.40. The highest BCUT2D eigenvalue weighted by molar-refractivity contribution is 9.10. The lowest BCUT2D eigenvalue weighted by Crippen LogP contribution is -2.30. The summed E-state index contributed by atoms with van der Waals surface area (Å²) in [4.78, 5) is 11.9. The van der Waals surface area contributed by atoms with E-state index in [2.05, 4.69) is 21.2 Å². The van der Waals surface area contributed by atoms with Gasteiger partial charge in [-0.2, -0.15) is 0 Å². The van der Waals surface area contributed by atoms with Crippen LogP contribution in [-0.4, -0.2) is 17.8 Å². The number of amides is 1. The number of nitrogens with one attached hydrogen (secondary N) is 1. The lowest BCUT2D eigenvalue weighted by Gasteiger charge is -2.10. The zero-order valence-electron chi connectivity index (χ0n) is 9.67. The average Bonchev–Trinajstić information content (AvgIpc) is 3.07. The van der Waals surface area contributed by atoms with E-state index >= 15 is 0 Å². The molecule has 0 aromatic heterocycles. The number of rotatable bonds is 4. The maximum Gasteiger partial charge on any atom is 0.251 e. The Bertz CT molecular complexity index is 411. The van der Waals surface area contributed by atoms with Gasteiger partial charge in [-0.15, -0.1) is 11.6 Å². The van der Waals surface area contributed by atoms with E-state index in [1.807, 2.05) is 25.1 Å². The molecule has 1 aliphatic carbocycles. The van der Waals surface area contributed by atoms with Crippen LogP contribution < -0.4 is 5.32 Å². The molecule has 1 atom stereocenters. The summed E-state index contributed by atoms with van der Waals surface area (Å²) in [7, 11) is 0. The van der Waals surface area contributed by atoms with E-state index in [1.54, 1.807) is 0 Å². The van der Waals surface area contributed by atoms with E-state index in [-0.39, 0.29) is 11.3 Å². The number of alkyl halides is 1. The Morgan fingerprint density at radius 2 is 2.24 bits per heavy atom. The monoisotopic (exact) mass is 315 g/mol. The van der Waals surface area contributed by atoms with Gasteiger partial charge in [0.2, 0.25) is 0 Å². The minimum Gasteiger partial charge on any atom is -0.351 e. The van der Waals surface area contributed by atoms with Gasteiger partial charge < -0.3 is 5.32 Å². The quantitative estimate of drug-likeness (QED) is 0.846. The molecule has 2 nitrogen and oxygen atoms in total. The van der Waals surface area contributed by atoms with Crippen LogP contribution in [0, 0.1) is 12.8 Å². The first-order valence-corrected chi connectivity index (χ1v) is 6.98. The summed E-state index contributed by atoms with van der Waals surface area (Å²) in [5, 5.41) is 2.96. The molecule has 92 valence electrons. The Kier molecular flexibility index (Phi) is 4.10. The van der Waals surface area contributed by atoms with Gasteiger partial charge >= 0.3 is 0 Å². The molecule has 1 amide bonds. The fourth-order valence-electron chi connectivity index (χ4n) is 1.78. The molecule has 0 radical (unpaired) electrons. The summed E-state index contributed by atoms with van der Waals surface area (Å²) in [6.45, 7) is 2.52. The lowest BCUT2D eigenvalue weighted by molar-refractivity contribution is 0.0953. The Labute approximate surface area is 115 Å². The Hall–Kier alpha value is -0.540. The van der Waals surface area contributed by atoms with Gasteiger partial charge in [-0.05, 0) is 49.4 Å². The van der Waals surface area contributed by atoms with E-state index < -0.39 is 0 Å². The van der Waals surface area contributed by atoms with Crippen LogP contribution in [0.25, 0.3) is 0 Å². The fraction of sp³-hybridized carbons (Fsp3) is 0.462. The van der Waals surface area contributed by atoms with E-state index in [4.69, 9.17) is 11.6 Å². The Morgan fingerprint density at radius 1 is 1.53 bits per heavy atom. The van der Waals surface area contributed by atoms with Crippen molar-refractivity contribution >= 4 is 33.4 Å². The van der Waals surface area contributed by atoms with Gasteiger partial charge in [-0.3, -0.25) is 4.79 Å². The van der Waals surface area contributed by atoms with Crippen LogP contribution in [0.3, 0.4) is 0 Å². The van der Waals surface area contributed by atoms with E-state index in [9.17, 15) is 4.79 Å². The average molecular weight is 317 g/mol. The van der Waals surface area contributed by atoms with Crippen molar-refractivity contribution in [2.75, 3.05) is 6.54 Å². The SMILES string of the molecule is Cc1cc(Br)cc(C(=O)NCC(Cl)C2CC2)c1. The maximum absolute atomic E-state index is 11.9. The third kappa shape index (κ3) is 3.71. The second-order valence-corrected chi connectivity index (χ2v) is 6.06. The first kappa shape index (κ1) is 12.9. The predicted molar refractivity (Wildman–Crippen MR) is 73.6 cm³/mol. The zero-order valence-corrected chi connectivity index (χ0v) is 12.0. The number of halogens is 2. The maximum atomic E-state index is 11.9. The molecular formula is C13H15BrClNO. The second-order valence-electron chi connectivity index (χ2n) is 4.58. The normalized spacial score (nSPS) is 16.6. The van der Waals surface area contributed by atoms with Crippen molar-refractivity contribution in [3.8, 4) is 0 Å². The highest BCUT2D eigenvalue weighted by Gasteiger charge is 2.29. The molecule has 4 heteroatoms. The highest BCUT2D eigenvalue weighted by Crippen LogP contribution is 2.35. The largest absolute Gasteiger partial charge is 0.351 e. The van der Waals surface area contributed by atoms with Crippen LogP contribution in [0.15, 0.2) is 22.7 Å². The molecule has 0 heterocycles. The molecular weight excluding hydrogens is 302 g/mol. The molecule has 2 rings (SSSR count). The third-order valence-electron chi connectivity index (χ3n) is 2.90. The first-order valence-electron chi connectivity index (χ1n) is 5.76.